The fraction of sp³-hybridized carbons (Fsp3) is 0.500. The van der Waals surface area contributed by atoms with Gasteiger partial charge in [-0.3, -0.25) is 0 Å². The lowest BCUT2D eigenvalue weighted by Gasteiger charge is -2.39. The molecule has 1 aliphatic carbocycles. The molecule has 2 N–H and O–H groups in total. The maximum atomic E-state index is 6.30. The van der Waals surface area contributed by atoms with Crippen molar-refractivity contribution < 1.29 is 4.74 Å². The summed E-state index contributed by atoms with van der Waals surface area (Å²) in [4.78, 5) is 0. The highest BCUT2D eigenvalue weighted by molar-refractivity contribution is 5.34. The van der Waals surface area contributed by atoms with Crippen LogP contribution in [0.1, 0.15) is 30.4 Å². The fourth-order valence-electron chi connectivity index (χ4n) is 2.11. The molecule has 1 aliphatic rings. The monoisotopic (exact) mass is 191 g/mol. The third kappa shape index (κ3) is 1.56. The van der Waals surface area contributed by atoms with Crippen molar-refractivity contribution in [1.29, 1.82) is 0 Å². The SMILES string of the molecule is COCc1ccccc1C1(N)CCC1. The van der Waals surface area contributed by atoms with Crippen molar-refractivity contribution in [3.05, 3.63) is 35.4 Å². The van der Waals surface area contributed by atoms with Crippen molar-refractivity contribution in [2.45, 2.75) is 31.4 Å². The fourth-order valence-corrected chi connectivity index (χ4v) is 2.11. The van der Waals surface area contributed by atoms with Crippen molar-refractivity contribution in [3.8, 4) is 0 Å². The molecule has 0 amide bonds. The predicted octanol–water partition coefficient (Wildman–Crippen LogP) is 2.17. The molecule has 0 radical (unpaired) electrons. The minimum absolute atomic E-state index is 0.0743. The van der Waals surface area contributed by atoms with E-state index in [0.29, 0.717) is 6.61 Å². The van der Waals surface area contributed by atoms with Crippen LogP contribution in [-0.2, 0) is 16.9 Å². The highest BCUT2D eigenvalue weighted by Crippen LogP contribution is 2.40. The van der Waals surface area contributed by atoms with Crippen molar-refractivity contribution in [2.24, 2.45) is 5.73 Å². The molecule has 0 unspecified atom stereocenters. The molecule has 1 aromatic carbocycles. The summed E-state index contributed by atoms with van der Waals surface area (Å²) >= 11 is 0. The average Bonchev–Trinajstić information content (AvgIpc) is 2.16. The van der Waals surface area contributed by atoms with Crippen molar-refractivity contribution in [3.63, 3.8) is 0 Å². The van der Waals surface area contributed by atoms with Crippen LogP contribution < -0.4 is 5.73 Å². The summed E-state index contributed by atoms with van der Waals surface area (Å²) in [5.41, 5.74) is 8.73. The Morgan fingerprint density at radius 1 is 1.36 bits per heavy atom. The van der Waals surface area contributed by atoms with Gasteiger partial charge in [0.15, 0.2) is 0 Å². The number of methoxy groups -OCH3 is 1. The first-order valence-corrected chi connectivity index (χ1v) is 5.12. The smallest absolute Gasteiger partial charge is 0.0716 e. The van der Waals surface area contributed by atoms with E-state index in [4.69, 9.17) is 10.5 Å². The van der Waals surface area contributed by atoms with E-state index < -0.39 is 0 Å². The Kier molecular flexibility index (Phi) is 2.57. The van der Waals surface area contributed by atoms with Gasteiger partial charge in [-0.1, -0.05) is 24.3 Å². The van der Waals surface area contributed by atoms with Gasteiger partial charge < -0.3 is 10.5 Å². The number of ether oxygens (including phenoxy) is 1. The Labute approximate surface area is 85.1 Å². The van der Waals surface area contributed by atoms with Gasteiger partial charge in [-0.2, -0.15) is 0 Å². The van der Waals surface area contributed by atoms with Crippen molar-refractivity contribution in [2.75, 3.05) is 7.11 Å². The Hall–Kier alpha value is -0.860. The summed E-state index contributed by atoms with van der Waals surface area (Å²) in [6.07, 6.45) is 3.46. The van der Waals surface area contributed by atoms with Gasteiger partial charge in [0.1, 0.15) is 0 Å². The molecule has 76 valence electrons. The van der Waals surface area contributed by atoms with Gasteiger partial charge in [-0.15, -0.1) is 0 Å². The lowest BCUT2D eigenvalue weighted by atomic mass is 9.71. The molecule has 0 heterocycles. The van der Waals surface area contributed by atoms with Gasteiger partial charge in [0.25, 0.3) is 0 Å². The zero-order chi connectivity index (χ0) is 10.0. The van der Waals surface area contributed by atoms with E-state index in [1.54, 1.807) is 7.11 Å². The molecule has 14 heavy (non-hydrogen) atoms. The van der Waals surface area contributed by atoms with Gasteiger partial charge >= 0.3 is 0 Å². The summed E-state index contributed by atoms with van der Waals surface area (Å²) in [6.45, 7) is 0.662. The highest BCUT2D eigenvalue weighted by Gasteiger charge is 2.35. The van der Waals surface area contributed by atoms with Crippen LogP contribution in [0.15, 0.2) is 24.3 Å². The Balaban J connectivity index is 2.31. The average molecular weight is 191 g/mol. The molecule has 0 saturated heterocycles. The summed E-state index contributed by atoms with van der Waals surface area (Å²) < 4.78 is 5.18. The highest BCUT2D eigenvalue weighted by atomic mass is 16.5. The summed E-state index contributed by atoms with van der Waals surface area (Å²) in [7, 11) is 1.72. The number of hydrogen-bond donors (Lipinski definition) is 1. The van der Waals surface area contributed by atoms with Gasteiger partial charge in [0, 0.05) is 12.6 Å². The molecular weight excluding hydrogens is 174 g/mol. The Morgan fingerprint density at radius 3 is 2.64 bits per heavy atom. The zero-order valence-electron chi connectivity index (χ0n) is 8.62. The number of nitrogens with two attached hydrogens (primary N) is 1. The molecule has 0 atom stereocenters. The van der Waals surface area contributed by atoms with Crippen LogP contribution in [0.25, 0.3) is 0 Å². The van der Waals surface area contributed by atoms with E-state index in [0.717, 1.165) is 12.8 Å². The first-order chi connectivity index (χ1) is 6.76. The van der Waals surface area contributed by atoms with E-state index in [1.807, 2.05) is 6.07 Å². The Bertz CT molecular complexity index is 318. The minimum atomic E-state index is -0.0743. The summed E-state index contributed by atoms with van der Waals surface area (Å²) in [5, 5.41) is 0. The maximum Gasteiger partial charge on any atom is 0.0716 e. The second-order valence-corrected chi connectivity index (χ2v) is 4.10. The first-order valence-electron chi connectivity index (χ1n) is 5.12. The predicted molar refractivity (Wildman–Crippen MR) is 56.9 cm³/mol. The van der Waals surface area contributed by atoms with E-state index in [9.17, 15) is 0 Å². The molecular formula is C12H17NO. The second kappa shape index (κ2) is 3.71. The molecule has 0 bridgehead atoms. The van der Waals surface area contributed by atoms with Gasteiger partial charge in [0.2, 0.25) is 0 Å². The summed E-state index contributed by atoms with van der Waals surface area (Å²) in [5.74, 6) is 0. The van der Waals surface area contributed by atoms with Crippen LogP contribution in [0, 0.1) is 0 Å². The van der Waals surface area contributed by atoms with Crippen LogP contribution in [0.4, 0.5) is 0 Å². The largest absolute Gasteiger partial charge is 0.380 e. The van der Waals surface area contributed by atoms with E-state index >= 15 is 0 Å². The Morgan fingerprint density at radius 2 is 2.07 bits per heavy atom. The molecule has 1 fully saturated rings. The lowest BCUT2D eigenvalue weighted by molar-refractivity contribution is 0.178. The molecule has 2 heteroatoms. The minimum Gasteiger partial charge on any atom is -0.380 e. The molecule has 2 rings (SSSR count). The molecule has 1 saturated carbocycles. The van der Waals surface area contributed by atoms with Gasteiger partial charge in [-0.05, 0) is 30.4 Å². The van der Waals surface area contributed by atoms with Crippen LogP contribution in [0.3, 0.4) is 0 Å². The van der Waals surface area contributed by atoms with E-state index in [1.165, 1.54) is 17.5 Å². The van der Waals surface area contributed by atoms with Crippen molar-refractivity contribution >= 4 is 0 Å². The van der Waals surface area contributed by atoms with Gasteiger partial charge in [-0.25, -0.2) is 0 Å². The quantitative estimate of drug-likeness (QED) is 0.794. The number of benzene rings is 1. The number of hydrogen-bond acceptors (Lipinski definition) is 2. The first kappa shape index (κ1) is 9.69. The van der Waals surface area contributed by atoms with Gasteiger partial charge in [0.05, 0.1) is 6.61 Å². The number of rotatable bonds is 3. The third-order valence-electron chi connectivity index (χ3n) is 3.10. The molecule has 0 aromatic heterocycles. The standard InChI is InChI=1S/C12H17NO/c1-14-9-10-5-2-3-6-11(10)12(13)7-4-8-12/h2-3,5-6H,4,7-9,13H2,1H3. The van der Waals surface area contributed by atoms with Crippen LogP contribution in [0.5, 0.6) is 0 Å². The molecule has 2 nitrogen and oxygen atoms in total. The normalized spacial score (nSPS) is 19.0. The lowest BCUT2D eigenvalue weighted by Crippen LogP contribution is -2.44. The molecule has 0 aliphatic heterocycles. The molecule has 1 aromatic rings. The van der Waals surface area contributed by atoms with Crippen molar-refractivity contribution in [1.82, 2.24) is 0 Å². The van der Waals surface area contributed by atoms with E-state index in [-0.39, 0.29) is 5.54 Å². The van der Waals surface area contributed by atoms with Crippen LogP contribution in [0.2, 0.25) is 0 Å². The second-order valence-electron chi connectivity index (χ2n) is 4.10. The van der Waals surface area contributed by atoms with Crippen LogP contribution in [-0.4, -0.2) is 7.11 Å². The van der Waals surface area contributed by atoms with E-state index in [2.05, 4.69) is 18.2 Å². The third-order valence-corrected chi connectivity index (χ3v) is 3.10. The summed E-state index contributed by atoms with van der Waals surface area (Å²) in [6, 6.07) is 8.33. The maximum absolute atomic E-state index is 6.30. The van der Waals surface area contributed by atoms with Crippen LogP contribution >= 0.6 is 0 Å². The zero-order valence-corrected chi connectivity index (χ0v) is 8.62. The molecule has 0 spiro atoms. The topological polar surface area (TPSA) is 35.2 Å².